The lowest BCUT2D eigenvalue weighted by atomic mass is 9.62. The number of rotatable bonds is 3. The van der Waals surface area contributed by atoms with E-state index in [0.717, 1.165) is 19.3 Å². The zero-order valence-electron chi connectivity index (χ0n) is 15.4. The number of nitrogens with two attached hydrogens (primary N) is 1. The fourth-order valence-corrected chi connectivity index (χ4v) is 3.77. The Morgan fingerprint density at radius 3 is 2.18 bits per heavy atom. The molecule has 3 nitrogen and oxygen atoms in total. The van der Waals surface area contributed by atoms with Crippen molar-refractivity contribution < 1.29 is 19.0 Å². The predicted molar refractivity (Wildman–Crippen MR) is 88.6 cm³/mol. The molecule has 5 heteroatoms. The third kappa shape index (κ3) is 3.36. The van der Waals surface area contributed by atoms with E-state index in [9.17, 15) is 4.39 Å². The molecule has 1 aliphatic heterocycles. The summed E-state index contributed by atoms with van der Waals surface area (Å²) in [7, 11) is 1.79. The first-order valence-corrected chi connectivity index (χ1v) is 8.81. The van der Waals surface area contributed by atoms with E-state index in [-0.39, 0.29) is 35.6 Å². The van der Waals surface area contributed by atoms with Crippen LogP contribution < -0.4 is 5.32 Å². The highest BCUT2D eigenvalue weighted by Crippen LogP contribution is 2.45. The van der Waals surface area contributed by atoms with Crippen molar-refractivity contribution in [2.45, 2.75) is 96.0 Å². The van der Waals surface area contributed by atoms with Crippen LogP contribution in [0.5, 0.6) is 0 Å². The molecule has 1 aliphatic carbocycles. The van der Waals surface area contributed by atoms with E-state index >= 15 is 0 Å². The Morgan fingerprint density at radius 1 is 1.14 bits per heavy atom. The first-order valence-electron chi connectivity index (χ1n) is 8.81. The van der Waals surface area contributed by atoms with Gasteiger partial charge < -0.3 is 14.6 Å². The summed E-state index contributed by atoms with van der Waals surface area (Å²) in [5.74, 6) is 0.0619. The summed E-state index contributed by atoms with van der Waals surface area (Å²) in [6, 6.07) is 0. The first-order chi connectivity index (χ1) is 10.0. The molecule has 2 N–H and O–H groups in total. The third-order valence-electron chi connectivity index (χ3n) is 6.47. The molecule has 4 atom stereocenters. The van der Waals surface area contributed by atoms with E-state index in [4.69, 9.17) is 9.31 Å². The maximum atomic E-state index is 14.8. The van der Waals surface area contributed by atoms with Crippen molar-refractivity contribution in [3.05, 3.63) is 0 Å². The molecule has 0 bridgehead atoms. The highest BCUT2D eigenvalue weighted by Gasteiger charge is 2.55. The van der Waals surface area contributed by atoms with Gasteiger partial charge in [0.05, 0.1) is 23.8 Å². The first kappa shape index (κ1) is 18.2. The Kier molecular flexibility index (Phi) is 5.02. The molecule has 128 valence electrons. The van der Waals surface area contributed by atoms with Crippen LogP contribution in [0.3, 0.4) is 0 Å². The third-order valence-corrected chi connectivity index (χ3v) is 6.47. The summed E-state index contributed by atoms with van der Waals surface area (Å²) < 4.78 is 27.1. The highest BCUT2D eigenvalue weighted by molar-refractivity contribution is 6.47. The van der Waals surface area contributed by atoms with Crippen molar-refractivity contribution in [3.8, 4) is 0 Å². The van der Waals surface area contributed by atoms with Crippen LogP contribution in [-0.2, 0) is 9.31 Å². The minimum Gasteiger partial charge on any atom is -0.403 e. The molecule has 2 aliphatic rings. The average Bonchev–Trinajstić information content (AvgIpc) is 2.55. The minimum atomic E-state index is -0.754. The molecule has 0 aromatic rings. The van der Waals surface area contributed by atoms with E-state index in [1.165, 1.54) is 0 Å². The molecular formula is C17H34BFNO2+. The molecule has 0 amide bonds. The second-order valence-electron chi connectivity index (χ2n) is 8.70. The molecule has 0 aromatic carbocycles. The maximum Gasteiger partial charge on any atom is 0.461 e. The smallest absolute Gasteiger partial charge is 0.403 e. The van der Waals surface area contributed by atoms with Gasteiger partial charge in [-0.2, -0.15) is 0 Å². The Balaban J connectivity index is 2.15. The molecule has 22 heavy (non-hydrogen) atoms. The van der Waals surface area contributed by atoms with Crippen molar-refractivity contribution in [1.29, 1.82) is 0 Å². The lowest BCUT2D eigenvalue weighted by Gasteiger charge is -2.32. The molecule has 1 saturated heterocycles. The van der Waals surface area contributed by atoms with E-state index in [1.54, 1.807) is 0 Å². The van der Waals surface area contributed by atoms with Gasteiger partial charge in [-0.05, 0) is 59.2 Å². The molecule has 0 spiro atoms. The SMILES string of the molecule is C[NH2+]C1(C)CCCC(F)C(C(C)B2OC(C)(C)C(C)(C)O2)C1. The van der Waals surface area contributed by atoms with Crippen LogP contribution in [0, 0.1) is 5.92 Å². The zero-order valence-corrected chi connectivity index (χ0v) is 15.4. The molecule has 2 rings (SSSR count). The molecule has 4 unspecified atom stereocenters. The number of hydrogen-bond acceptors (Lipinski definition) is 2. The quantitative estimate of drug-likeness (QED) is 0.642. The molecule has 2 fully saturated rings. The van der Waals surface area contributed by atoms with Crippen LogP contribution in [0.1, 0.15) is 67.2 Å². The molecule has 1 saturated carbocycles. The molecular weight excluding hydrogens is 280 g/mol. The number of quaternary nitrogens is 1. The van der Waals surface area contributed by atoms with Gasteiger partial charge in [0.15, 0.2) is 0 Å². The largest absolute Gasteiger partial charge is 0.461 e. The van der Waals surface area contributed by atoms with Crippen molar-refractivity contribution in [2.75, 3.05) is 7.05 Å². The number of halogens is 1. The Morgan fingerprint density at radius 2 is 1.68 bits per heavy atom. The number of alkyl halides is 1. The second kappa shape index (κ2) is 6.06. The lowest BCUT2D eigenvalue weighted by Crippen LogP contribution is -2.92. The predicted octanol–water partition coefficient (Wildman–Crippen LogP) is 2.95. The van der Waals surface area contributed by atoms with Gasteiger partial charge in [0.1, 0.15) is 6.17 Å². The minimum absolute atomic E-state index is 0.00148. The van der Waals surface area contributed by atoms with Crippen LogP contribution in [0.4, 0.5) is 4.39 Å². The summed E-state index contributed by atoms with van der Waals surface area (Å²) in [6.45, 7) is 12.6. The Labute approximate surface area is 135 Å². The van der Waals surface area contributed by atoms with Crippen LogP contribution in [0.25, 0.3) is 0 Å². The van der Waals surface area contributed by atoms with Gasteiger partial charge in [0, 0.05) is 12.8 Å². The van der Waals surface area contributed by atoms with Crippen LogP contribution >= 0.6 is 0 Å². The summed E-state index contributed by atoms with van der Waals surface area (Å²) in [6.07, 6.45) is 2.84. The van der Waals surface area contributed by atoms with E-state index in [2.05, 4.69) is 53.9 Å². The summed E-state index contributed by atoms with van der Waals surface area (Å²) in [5, 5.41) is 2.26. The van der Waals surface area contributed by atoms with Gasteiger partial charge in [0.2, 0.25) is 0 Å². The molecule has 0 aromatic heterocycles. The van der Waals surface area contributed by atoms with Gasteiger partial charge in [-0.3, -0.25) is 0 Å². The zero-order chi connectivity index (χ0) is 16.8. The summed E-state index contributed by atoms with van der Waals surface area (Å²) >= 11 is 0. The fraction of sp³-hybridized carbons (Fsp3) is 1.00. The Bertz CT molecular complexity index is 388. The molecule has 1 heterocycles. The van der Waals surface area contributed by atoms with Crippen molar-refractivity contribution in [1.82, 2.24) is 0 Å². The van der Waals surface area contributed by atoms with E-state index in [0.29, 0.717) is 6.42 Å². The van der Waals surface area contributed by atoms with Crippen molar-refractivity contribution >= 4 is 7.12 Å². The monoisotopic (exact) mass is 314 g/mol. The number of hydrogen-bond donors (Lipinski definition) is 1. The summed E-state index contributed by atoms with van der Waals surface area (Å²) in [5.41, 5.74) is -0.561. The van der Waals surface area contributed by atoms with Crippen LogP contribution in [0.15, 0.2) is 0 Å². The highest BCUT2D eigenvalue weighted by atomic mass is 19.1. The van der Waals surface area contributed by atoms with Gasteiger partial charge in [-0.1, -0.05) is 6.92 Å². The van der Waals surface area contributed by atoms with Crippen molar-refractivity contribution in [2.24, 2.45) is 5.92 Å². The van der Waals surface area contributed by atoms with Crippen molar-refractivity contribution in [3.63, 3.8) is 0 Å². The molecule has 0 radical (unpaired) electrons. The second-order valence-corrected chi connectivity index (χ2v) is 8.70. The van der Waals surface area contributed by atoms with E-state index < -0.39 is 6.17 Å². The van der Waals surface area contributed by atoms with E-state index in [1.807, 2.05) is 0 Å². The fourth-order valence-electron chi connectivity index (χ4n) is 3.77. The van der Waals surface area contributed by atoms with Crippen LogP contribution in [-0.4, -0.2) is 37.1 Å². The maximum absolute atomic E-state index is 14.8. The average molecular weight is 314 g/mol. The van der Waals surface area contributed by atoms with Crippen LogP contribution in [0.2, 0.25) is 5.82 Å². The summed E-state index contributed by atoms with van der Waals surface area (Å²) in [4.78, 5) is 0. The van der Waals surface area contributed by atoms with Gasteiger partial charge >= 0.3 is 7.12 Å². The Hall–Kier alpha value is -0.125. The van der Waals surface area contributed by atoms with Gasteiger partial charge in [-0.25, -0.2) is 4.39 Å². The normalized spacial score (nSPS) is 39.5. The standard InChI is InChI=1S/C17H33BFNO2/c1-12(18-21-15(2,3)16(4,5)22-18)13-11-17(6,20-7)10-8-9-14(13)19/h12-14,20H,8-11H2,1-7H3/p+1. The van der Waals surface area contributed by atoms with Gasteiger partial charge in [0.25, 0.3) is 0 Å². The van der Waals surface area contributed by atoms with Gasteiger partial charge in [-0.15, -0.1) is 0 Å². The topological polar surface area (TPSA) is 35.1 Å². The lowest BCUT2D eigenvalue weighted by molar-refractivity contribution is -0.702.